The molecule has 0 N–H and O–H groups in total. The van der Waals surface area contributed by atoms with Gasteiger partial charge in [-0.25, -0.2) is 4.98 Å². The standard InChI is InChI=1S/C11H5Cl2N3O5/c12-6-1-2-8(16(19)20)9(3-6)21-11-5-7(15(17)18)4-10(13)14-11/h1-5H. The van der Waals surface area contributed by atoms with E-state index in [1.165, 1.54) is 12.1 Å². The highest BCUT2D eigenvalue weighted by atomic mass is 35.5. The number of benzene rings is 1. The summed E-state index contributed by atoms with van der Waals surface area (Å²) in [6, 6.07) is 5.70. The van der Waals surface area contributed by atoms with Gasteiger partial charge in [0.2, 0.25) is 11.6 Å². The Morgan fingerprint density at radius 3 is 2.38 bits per heavy atom. The smallest absolute Gasteiger partial charge is 0.311 e. The number of pyridine rings is 1. The Hall–Kier alpha value is -2.45. The van der Waals surface area contributed by atoms with Crippen LogP contribution in [-0.2, 0) is 0 Å². The first-order valence-corrected chi connectivity index (χ1v) is 6.06. The molecule has 0 unspecified atom stereocenters. The van der Waals surface area contributed by atoms with E-state index in [-0.39, 0.29) is 33.2 Å². The van der Waals surface area contributed by atoms with E-state index >= 15 is 0 Å². The van der Waals surface area contributed by atoms with Crippen LogP contribution in [-0.4, -0.2) is 14.8 Å². The highest BCUT2D eigenvalue weighted by Crippen LogP contribution is 2.34. The minimum atomic E-state index is -0.688. The van der Waals surface area contributed by atoms with Crippen molar-refractivity contribution >= 4 is 34.6 Å². The van der Waals surface area contributed by atoms with Crippen molar-refractivity contribution in [3.63, 3.8) is 0 Å². The topological polar surface area (TPSA) is 108 Å². The largest absolute Gasteiger partial charge is 0.431 e. The van der Waals surface area contributed by atoms with Gasteiger partial charge in [-0.05, 0) is 6.07 Å². The lowest BCUT2D eigenvalue weighted by Gasteiger charge is -2.06. The summed E-state index contributed by atoms with van der Waals surface area (Å²) in [5, 5.41) is 21.6. The minimum absolute atomic E-state index is 0.177. The number of rotatable bonds is 4. The summed E-state index contributed by atoms with van der Waals surface area (Å²) in [6.45, 7) is 0. The molecule has 0 fully saturated rings. The molecule has 0 saturated heterocycles. The quantitative estimate of drug-likeness (QED) is 0.476. The summed E-state index contributed by atoms with van der Waals surface area (Å²) >= 11 is 11.4. The van der Waals surface area contributed by atoms with Crippen LogP contribution in [0.5, 0.6) is 11.6 Å². The first-order chi connectivity index (χ1) is 9.86. The number of hydrogen-bond acceptors (Lipinski definition) is 6. The van der Waals surface area contributed by atoms with E-state index in [4.69, 9.17) is 27.9 Å². The number of nitrogens with zero attached hydrogens (tertiary/aromatic N) is 3. The van der Waals surface area contributed by atoms with E-state index in [1.807, 2.05) is 0 Å². The van der Waals surface area contributed by atoms with Crippen LogP contribution >= 0.6 is 23.2 Å². The van der Waals surface area contributed by atoms with Crippen molar-refractivity contribution in [1.29, 1.82) is 0 Å². The molecule has 1 heterocycles. The molecule has 8 nitrogen and oxygen atoms in total. The minimum Gasteiger partial charge on any atom is -0.431 e. The maximum absolute atomic E-state index is 10.9. The van der Waals surface area contributed by atoms with Crippen molar-refractivity contribution in [1.82, 2.24) is 4.98 Å². The van der Waals surface area contributed by atoms with Crippen LogP contribution in [0.4, 0.5) is 11.4 Å². The third kappa shape index (κ3) is 3.56. The van der Waals surface area contributed by atoms with E-state index < -0.39 is 9.85 Å². The number of ether oxygens (including phenoxy) is 1. The van der Waals surface area contributed by atoms with Crippen molar-refractivity contribution in [3.05, 3.63) is 60.7 Å². The molecule has 0 amide bonds. The molecule has 21 heavy (non-hydrogen) atoms. The normalized spacial score (nSPS) is 10.2. The van der Waals surface area contributed by atoms with Gasteiger partial charge in [-0.2, -0.15) is 0 Å². The van der Waals surface area contributed by atoms with Crippen molar-refractivity contribution in [2.75, 3.05) is 0 Å². The average molecular weight is 330 g/mol. The number of nitro benzene ring substituents is 1. The van der Waals surface area contributed by atoms with Crippen LogP contribution < -0.4 is 4.74 Å². The maximum Gasteiger partial charge on any atom is 0.311 e. The van der Waals surface area contributed by atoms with Gasteiger partial charge in [-0.1, -0.05) is 23.2 Å². The predicted octanol–water partition coefficient (Wildman–Crippen LogP) is 4.00. The lowest BCUT2D eigenvalue weighted by molar-refractivity contribution is -0.386. The Labute approximate surface area is 127 Å². The van der Waals surface area contributed by atoms with Crippen LogP contribution in [0.2, 0.25) is 10.2 Å². The molecule has 108 valence electrons. The fraction of sp³-hybridized carbons (Fsp3) is 0. The fourth-order valence-electron chi connectivity index (χ4n) is 1.45. The second-order valence-corrected chi connectivity index (χ2v) is 4.54. The molecule has 0 spiro atoms. The van der Waals surface area contributed by atoms with Crippen molar-refractivity contribution in [2.45, 2.75) is 0 Å². The van der Waals surface area contributed by atoms with E-state index in [1.54, 1.807) is 0 Å². The molecule has 0 aliphatic carbocycles. The zero-order valence-electron chi connectivity index (χ0n) is 10.0. The summed E-state index contributed by atoms with van der Waals surface area (Å²) in [5.74, 6) is -0.448. The molecular formula is C11H5Cl2N3O5. The van der Waals surface area contributed by atoms with Crippen LogP contribution in [0.15, 0.2) is 30.3 Å². The van der Waals surface area contributed by atoms with Gasteiger partial charge < -0.3 is 4.74 Å². The van der Waals surface area contributed by atoms with Crippen LogP contribution in [0, 0.1) is 20.2 Å². The second-order valence-electron chi connectivity index (χ2n) is 3.71. The molecule has 0 aliphatic rings. The monoisotopic (exact) mass is 329 g/mol. The third-order valence-corrected chi connectivity index (χ3v) is 2.73. The molecule has 0 atom stereocenters. The van der Waals surface area contributed by atoms with Gasteiger partial charge >= 0.3 is 5.69 Å². The Morgan fingerprint density at radius 1 is 1.05 bits per heavy atom. The van der Waals surface area contributed by atoms with Crippen molar-refractivity contribution < 1.29 is 14.6 Å². The van der Waals surface area contributed by atoms with Gasteiger partial charge in [-0.3, -0.25) is 20.2 Å². The average Bonchev–Trinajstić information content (AvgIpc) is 2.37. The van der Waals surface area contributed by atoms with Gasteiger partial charge in [0.1, 0.15) is 5.15 Å². The molecule has 1 aromatic carbocycles. The van der Waals surface area contributed by atoms with Crippen LogP contribution in [0.25, 0.3) is 0 Å². The van der Waals surface area contributed by atoms with E-state index in [0.717, 1.165) is 18.2 Å². The summed E-state index contributed by atoms with van der Waals surface area (Å²) in [4.78, 5) is 24.0. The molecule has 0 saturated carbocycles. The predicted molar refractivity (Wildman–Crippen MR) is 74.1 cm³/mol. The van der Waals surface area contributed by atoms with E-state index in [0.29, 0.717) is 0 Å². The molecule has 0 aliphatic heterocycles. The van der Waals surface area contributed by atoms with E-state index in [9.17, 15) is 20.2 Å². The third-order valence-electron chi connectivity index (χ3n) is 2.30. The number of nitro groups is 2. The van der Waals surface area contributed by atoms with Gasteiger partial charge in [0.15, 0.2) is 0 Å². The summed E-state index contributed by atoms with van der Waals surface area (Å²) in [7, 11) is 0. The van der Waals surface area contributed by atoms with Crippen molar-refractivity contribution in [2.24, 2.45) is 0 Å². The number of hydrogen-bond donors (Lipinski definition) is 0. The van der Waals surface area contributed by atoms with Gasteiger partial charge in [0, 0.05) is 17.2 Å². The molecular weight excluding hydrogens is 325 g/mol. The van der Waals surface area contributed by atoms with E-state index in [2.05, 4.69) is 4.98 Å². The Bertz CT molecular complexity index is 738. The second kappa shape index (κ2) is 5.90. The summed E-state index contributed by atoms with van der Waals surface area (Å²) in [6.07, 6.45) is 0. The molecule has 10 heteroatoms. The van der Waals surface area contributed by atoms with Gasteiger partial charge in [0.05, 0.1) is 22.0 Å². The molecule has 2 aromatic rings. The summed E-state index contributed by atoms with van der Waals surface area (Å²) < 4.78 is 5.20. The zero-order chi connectivity index (χ0) is 15.6. The summed E-state index contributed by atoms with van der Waals surface area (Å²) in [5.41, 5.74) is -0.710. The fourth-order valence-corrected chi connectivity index (χ4v) is 1.81. The molecule has 2 rings (SSSR count). The molecule has 0 bridgehead atoms. The Morgan fingerprint density at radius 2 is 1.76 bits per heavy atom. The molecule has 1 aromatic heterocycles. The first kappa shape index (κ1) is 14.9. The highest BCUT2D eigenvalue weighted by molar-refractivity contribution is 6.30. The lowest BCUT2D eigenvalue weighted by atomic mass is 10.3. The SMILES string of the molecule is O=[N+]([O-])c1cc(Cl)nc(Oc2cc(Cl)ccc2[N+](=O)[O-])c1. The van der Waals surface area contributed by atoms with Gasteiger partial charge in [0.25, 0.3) is 5.69 Å². The lowest BCUT2D eigenvalue weighted by Crippen LogP contribution is -1.96. The molecule has 0 radical (unpaired) electrons. The van der Waals surface area contributed by atoms with Gasteiger partial charge in [-0.15, -0.1) is 0 Å². The Balaban J connectivity index is 2.45. The highest BCUT2D eigenvalue weighted by Gasteiger charge is 2.18. The van der Waals surface area contributed by atoms with Crippen molar-refractivity contribution in [3.8, 4) is 11.6 Å². The zero-order valence-corrected chi connectivity index (χ0v) is 11.5. The van der Waals surface area contributed by atoms with Crippen LogP contribution in [0.1, 0.15) is 0 Å². The first-order valence-electron chi connectivity index (χ1n) is 5.30. The number of aromatic nitrogens is 1. The number of halogens is 2. The maximum atomic E-state index is 10.9. The Kier molecular flexibility index (Phi) is 4.20. The van der Waals surface area contributed by atoms with Crippen LogP contribution in [0.3, 0.4) is 0 Å².